The van der Waals surface area contributed by atoms with Gasteiger partial charge >= 0.3 is 5.97 Å². The number of anilines is 1. The Labute approximate surface area is 75.2 Å². The Bertz CT molecular complexity index is 314. The van der Waals surface area contributed by atoms with Gasteiger partial charge in [-0.15, -0.1) is 0 Å². The monoisotopic (exact) mass is 183 g/mol. The van der Waals surface area contributed by atoms with Crippen molar-refractivity contribution in [2.45, 2.75) is 13.0 Å². The van der Waals surface area contributed by atoms with Crippen molar-refractivity contribution >= 4 is 11.7 Å². The first-order valence-corrected chi connectivity index (χ1v) is 3.84. The third kappa shape index (κ3) is 2.74. The standard InChI is InChI=1S/C9H10FNO2/c1-6(9(12)13)11-8-4-2-3-7(10)5-8/h2-6,11H,1H3,(H,12,13)/t6-/m0/s1. The number of rotatable bonds is 3. The molecule has 0 unspecified atom stereocenters. The van der Waals surface area contributed by atoms with Crippen LogP contribution >= 0.6 is 0 Å². The van der Waals surface area contributed by atoms with Gasteiger partial charge in [0.05, 0.1) is 0 Å². The van der Waals surface area contributed by atoms with E-state index >= 15 is 0 Å². The molecule has 0 saturated carbocycles. The van der Waals surface area contributed by atoms with Crippen LogP contribution in [0.5, 0.6) is 0 Å². The summed E-state index contributed by atoms with van der Waals surface area (Å²) in [6.45, 7) is 1.49. The van der Waals surface area contributed by atoms with Crippen LogP contribution < -0.4 is 5.32 Å². The predicted molar refractivity (Wildman–Crippen MR) is 47.1 cm³/mol. The second-order valence-corrected chi connectivity index (χ2v) is 2.71. The van der Waals surface area contributed by atoms with Gasteiger partial charge in [-0.1, -0.05) is 6.07 Å². The molecule has 0 aliphatic rings. The lowest BCUT2D eigenvalue weighted by Gasteiger charge is -2.09. The number of carboxylic acids is 1. The van der Waals surface area contributed by atoms with E-state index in [0.717, 1.165) is 0 Å². The quantitative estimate of drug-likeness (QED) is 0.750. The number of nitrogens with one attached hydrogen (secondary N) is 1. The van der Waals surface area contributed by atoms with E-state index in [1.165, 1.54) is 25.1 Å². The van der Waals surface area contributed by atoms with Crippen LogP contribution in [0, 0.1) is 5.82 Å². The molecule has 0 aliphatic carbocycles. The number of aliphatic carboxylic acids is 1. The van der Waals surface area contributed by atoms with Crippen molar-refractivity contribution in [1.82, 2.24) is 0 Å². The van der Waals surface area contributed by atoms with Gasteiger partial charge in [0.1, 0.15) is 11.9 Å². The van der Waals surface area contributed by atoms with Gasteiger partial charge in [0.15, 0.2) is 0 Å². The molecular formula is C9H10FNO2. The van der Waals surface area contributed by atoms with E-state index < -0.39 is 12.0 Å². The molecule has 0 saturated heterocycles. The fourth-order valence-corrected chi connectivity index (χ4v) is 0.890. The lowest BCUT2D eigenvalue weighted by Crippen LogP contribution is -2.25. The summed E-state index contributed by atoms with van der Waals surface area (Å²) in [6.07, 6.45) is 0. The number of hydrogen-bond acceptors (Lipinski definition) is 2. The van der Waals surface area contributed by atoms with Crippen LogP contribution in [-0.4, -0.2) is 17.1 Å². The first-order chi connectivity index (χ1) is 6.09. The molecule has 0 amide bonds. The van der Waals surface area contributed by atoms with Crippen molar-refractivity contribution in [1.29, 1.82) is 0 Å². The smallest absolute Gasteiger partial charge is 0.325 e. The lowest BCUT2D eigenvalue weighted by atomic mass is 10.2. The van der Waals surface area contributed by atoms with Crippen molar-refractivity contribution in [3.63, 3.8) is 0 Å². The summed E-state index contributed by atoms with van der Waals surface area (Å²) >= 11 is 0. The van der Waals surface area contributed by atoms with Crippen molar-refractivity contribution in [2.75, 3.05) is 5.32 Å². The highest BCUT2D eigenvalue weighted by Gasteiger charge is 2.09. The Balaban J connectivity index is 2.69. The van der Waals surface area contributed by atoms with Crippen LogP contribution in [0.3, 0.4) is 0 Å². The topological polar surface area (TPSA) is 49.3 Å². The van der Waals surface area contributed by atoms with E-state index in [-0.39, 0.29) is 5.82 Å². The fourth-order valence-electron chi connectivity index (χ4n) is 0.890. The molecule has 1 aromatic rings. The van der Waals surface area contributed by atoms with Crippen LogP contribution in [-0.2, 0) is 4.79 Å². The molecule has 0 aliphatic heterocycles. The van der Waals surface area contributed by atoms with Gasteiger partial charge in [-0.2, -0.15) is 0 Å². The molecule has 70 valence electrons. The summed E-state index contributed by atoms with van der Waals surface area (Å²) in [5.74, 6) is -1.35. The predicted octanol–water partition coefficient (Wildman–Crippen LogP) is 1.71. The molecule has 0 heterocycles. The molecule has 3 nitrogen and oxygen atoms in total. The Kier molecular flexibility index (Phi) is 2.84. The van der Waals surface area contributed by atoms with Crippen molar-refractivity contribution < 1.29 is 14.3 Å². The van der Waals surface area contributed by atoms with E-state index in [4.69, 9.17) is 5.11 Å². The van der Waals surface area contributed by atoms with E-state index in [0.29, 0.717) is 5.69 Å². The van der Waals surface area contributed by atoms with Gasteiger partial charge in [0.2, 0.25) is 0 Å². The zero-order valence-electron chi connectivity index (χ0n) is 7.12. The zero-order valence-corrected chi connectivity index (χ0v) is 7.12. The van der Waals surface area contributed by atoms with Gasteiger partial charge in [-0.25, -0.2) is 4.39 Å². The van der Waals surface area contributed by atoms with E-state index in [9.17, 15) is 9.18 Å². The van der Waals surface area contributed by atoms with Crippen molar-refractivity contribution in [3.8, 4) is 0 Å². The van der Waals surface area contributed by atoms with Crippen LogP contribution in [0.25, 0.3) is 0 Å². The molecular weight excluding hydrogens is 173 g/mol. The minimum absolute atomic E-state index is 0.386. The summed E-state index contributed by atoms with van der Waals surface area (Å²) in [7, 11) is 0. The first kappa shape index (κ1) is 9.51. The van der Waals surface area contributed by atoms with Gasteiger partial charge < -0.3 is 10.4 Å². The second kappa shape index (κ2) is 3.89. The van der Waals surface area contributed by atoms with Crippen LogP contribution in [0.15, 0.2) is 24.3 Å². The third-order valence-corrected chi connectivity index (χ3v) is 1.58. The van der Waals surface area contributed by atoms with Crippen LogP contribution in [0.4, 0.5) is 10.1 Å². The Morgan fingerprint density at radius 3 is 2.85 bits per heavy atom. The minimum Gasteiger partial charge on any atom is -0.480 e. The van der Waals surface area contributed by atoms with Gasteiger partial charge in [-0.05, 0) is 25.1 Å². The highest BCUT2D eigenvalue weighted by molar-refractivity contribution is 5.76. The van der Waals surface area contributed by atoms with Crippen molar-refractivity contribution in [2.24, 2.45) is 0 Å². The lowest BCUT2D eigenvalue weighted by molar-refractivity contribution is -0.137. The fraction of sp³-hybridized carbons (Fsp3) is 0.222. The minimum atomic E-state index is -0.968. The summed E-state index contributed by atoms with van der Waals surface area (Å²) in [6, 6.07) is 4.96. The molecule has 1 atom stereocenters. The largest absolute Gasteiger partial charge is 0.480 e. The maximum Gasteiger partial charge on any atom is 0.325 e. The van der Waals surface area contributed by atoms with Gasteiger partial charge in [0.25, 0.3) is 0 Å². The number of carboxylic acid groups (broad SMARTS) is 1. The molecule has 4 heteroatoms. The number of halogens is 1. The van der Waals surface area contributed by atoms with Gasteiger partial charge in [-0.3, -0.25) is 4.79 Å². The SMILES string of the molecule is C[C@H](Nc1cccc(F)c1)C(=O)O. The Morgan fingerprint density at radius 2 is 2.31 bits per heavy atom. The van der Waals surface area contributed by atoms with Crippen molar-refractivity contribution in [3.05, 3.63) is 30.1 Å². The average molecular weight is 183 g/mol. The molecule has 0 bridgehead atoms. The van der Waals surface area contributed by atoms with Crippen LogP contribution in [0.2, 0.25) is 0 Å². The maximum atomic E-state index is 12.6. The molecule has 0 radical (unpaired) electrons. The van der Waals surface area contributed by atoms with E-state index in [1.54, 1.807) is 6.07 Å². The number of carbonyl (C=O) groups is 1. The molecule has 13 heavy (non-hydrogen) atoms. The highest BCUT2D eigenvalue weighted by Crippen LogP contribution is 2.10. The Hall–Kier alpha value is -1.58. The molecule has 1 rings (SSSR count). The van der Waals surface area contributed by atoms with Crippen LogP contribution in [0.1, 0.15) is 6.92 Å². The Morgan fingerprint density at radius 1 is 1.62 bits per heavy atom. The molecule has 0 aromatic heterocycles. The molecule has 1 aromatic carbocycles. The second-order valence-electron chi connectivity index (χ2n) is 2.71. The summed E-state index contributed by atoms with van der Waals surface area (Å²) in [5.41, 5.74) is 0.468. The summed E-state index contributed by atoms with van der Waals surface area (Å²) in [4.78, 5) is 10.4. The normalized spacial score (nSPS) is 12.2. The summed E-state index contributed by atoms with van der Waals surface area (Å²) in [5, 5.41) is 11.2. The first-order valence-electron chi connectivity index (χ1n) is 3.84. The maximum absolute atomic E-state index is 12.6. The molecule has 2 N–H and O–H groups in total. The van der Waals surface area contributed by atoms with E-state index in [2.05, 4.69) is 5.32 Å². The highest BCUT2D eigenvalue weighted by atomic mass is 19.1. The molecule has 0 fully saturated rings. The zero-order chi connectivity index (χ0) is 9.84. The molecule has 0 spiro atoms. The number of benzene rings is 1. The van der Waals surface area contributed by atoms with E-state index in [1.807, 2.05) is 0 Å². The summed E-state index contributed by atoms with van der Waals surface area (Å²) < 4.78 is 12.6. The van der Waals surface area contributed by atoms with Gasteiger partial charge in [0, 0.05) is 5.69 Å². The average Bonchev–Trinajstić information content (AvgIpc) is 2.04. The number of hydrogen-bond donors (Lipinski definition) is 2. The third-order valence-electron chi connectivity index (χ3n) is 1.58.